The van der Waals surface area contributed by atoms with Crippen molar-refractivity contribution in [3.05, 3.63) is 60.6 Å². The van der Waals surface area contributed by atoms with Gasteiger partial charge in [0.2, 0.25) is 0 Å². The summed E-state index contributed by atoms with van der Waals surface area (Å²) in [4.78, 5) is 11.9. The number of rotatable bonds is 4. The molecule has 8 heteroatoms. The molecule has 0 unspecified atom stereocenters. The molecule has 0 spiro atoms. The minimum Gasteiger partial charge on any atom is -0.490 e. The second-order valence-electron chi connectivity index (χ2n) is 8.27. The summed E-state index contributed by atoms with van der Waals surface area (Å²) in [7, 11) is 0. The molecule has 4 heterocycles. The molecule has 0 atom stereocenters. The summed E-state index contributed by atoms with van der Waals surface area (Å²) in [5, 5.41) is 6.90. The number of anilines is 4. The van der Waals surface area contributed by atoms with E-state index in [0.717, 1.165) is 78.4 Å². The van der Waals surface area contributed by atoms with Crippen LogP contribution in [0.1, 0.15) is 5.69 Å². The summed E-state index contributed by atoms with van der Waals surface area (Å²) in [5.41, 5.74) is 6.95. The fourth-order valence-electron chi connectivity index (χ4n) is 4.47. The summed E-state index contributed by atoms with van der Waals surface area (Å²) >= 11 is 0. The zero-order valence-corrected chi connectivity index (χ0v) is 18.5. The van der Waals surface area contributed by atoms with E-state index in [1.807, 2.05) is 18.5 Å². The Labute approximate surface area is 192 Å². The quantitative estimate of drug-likeness (QED) is 0.493. The highest BCUT2D eigenvalue weighted by Gasteiger charge is 2.17. The van der Waals surface area contributed by atoms with Crippen LogP contribution in [0, 0.1) is 6.92 Å². The van der Waals surface area contributed by atoms with E-state index >= 15 is 0 Å². The van der Waals surface area contributed by atoms with E-state index in [2.05, 4.69) is 68.2 Å². The largest absolute Gasteiger partial charge is 0.490 e. The zero-order chi connectivity index (χ0) is 22.2. The number of aromatic nitrogens is 3. The summed E-state index contributed by atoms with van der Waals surface area (Å²) in [6.45, 7) is 6.95. The predicted molar refractivity (Wildman–Crippen MR) is 130 cm³/mol. The van der Waals surface area contributed by atoms with Gasteiger partial charge in [-0.2, -0.15) is 0 Å². The summed E-state index contributed by atoms with van der Waals surface area (Å²) < 4.78 is 13.3. The molecule has 0 aliphatic carbocycles. The first-order chi connectivity index (χ1) is 16.3. The number of imidazole rings is 1. The van der Waals surface area contributed by atoms with Gasteiger partial charge in [0.15, 0.2) is 11.5 Å². The molecular formula is C25H26N6O2. The Kier molecular flexibility index (Phi) is 4.99. The molecule has 0 radical (unpaired) electrons. The molecule has 0 saturated carbocycles. The Morgan fingerprint density at radius 3 is 2.73 bits per heavy atom. The fraction of sp³-hybridized carbons (Fsp3) is 0.280. The van der Waals surface area contributed by atoms with Crippen LogP contribution in [-0.2, 0) is 4.74 Å². The van der Waals surface area contributed by atoms with Gasteiger partial charge < -0.3 is 25.0 Å². The Bertz CT molecular complexity index is 1290. The summed E-state index contributed by atoms with van der Waals surface area (Å²) in [6, 6.07) is 14.6. The van der Waals surface area contributed by atoms with Crippen molar-refractivity contribution in [3.63, 3.8) is 0 Å². The van der Waals surface area contributed by atoms with E-state index in [-0.39, 0.29) is 0 Å². The molecule has 0 bridgehead atoms. The maximum absolute atomic E-state index is 5.74. The maximum atomic E-state index is 5.74. The Hall–Kier alpha value is -3.78. The molecular weight excluding hydrogens is 416 g/mol. The standard InChI is InChI=1S/C25H26N6O2/c1-17-23(18-2-7-22-21(16-18)26-9-13-33-22)29-24(25-27-8-10-31(17)25)28-19-3-5-20(6-4-19)30-11-14-32-15-12-30/h2-8,10,16,26H,9,11-15H2,1H3,(H,28,29). The van der Waals surface area contributed by atoms with E-state index in [1.165, 1.54) is 5.69 Å². The number of ether oxygens (including phenoxy) is 2. The lowest BCUT2D eigenvalue weighted by molar-refractivity contribution is 0.122. The van der Waals surface area contributed by atoms with Crippen LogP contribution in [0.5, 0.6) is 5.75 Å². The minimum atomic E-state index is 0.684. The third kappa shape index (κ3) is 3.72. The van der Waals surface area contributed by atoms with Gasteiger partial charge in [-0.3, -0.25) is 4.40 Å². The second-order valence-corrected chi connectivity index (χ2v) is 8.27. The number of nitrogens with zero attached hydrogens (tertiary/aromatic N) is 4. The van der Waals surface area contributed by atoms with Gasteiger partial charge in [-0.05, 0) is 49.4 Å². The van der Waals surface area contributed by atoms with Crippen LogP contribution in [0.15, 0.2) is 54.9 Å². The molecule has 2 aromatic carbocycles. The highest BCUT2D eigenvalue weighted by Crippen LogP contribution is 2.34. The molecule has 4 aromatic rings. The number of morpholine rings is 1. The lowest BCUT2D eigenvalue weighted by Gasteiger charge is -2.28. The van der Waals surface area contributed by atoms with Gasteiger partial charge >= 0.3 is 0 Å². The lowest BCUT2D eigenvalue weighted by Crippen LogP contribution is -2.36. The first-order valence-corrected chi connectivity index (χ1v) is 11.3. The Morgan fingerprint density at radius 1 is 1.03 bits per heavy atom. The molecule has 2 N–H and O–H groups in total. The number of nitrogens with one attached hydrogen (secondary N) is 2. The number of fused-ring (bicyclic) bond motifs is 2. The summed E-state index contributed by atoms with van der Waals surface area (Å²) in [5.74, 6) is 1.60. The van der Waals surface area contributed by atoms with Crippen LogP contribution < -0.4 is 20.3 Å². The van der Waals surface area contributed by atoms with Crippen LogP contribution in [0.25, 0.3) is 16.9 Å². The van der Waals surface area contributed by atoms with Gasteiger partial charge in [0.25, 0.3) is 0 Å². The Morgan fingerprint density at radius 2 is 1.88 bits per heavy atom. The molecule has 0 amide bonds. The van der Waals surface area contributed by atoms with Crippen LogP contribution in [-0.4, -0.2) is 53.8 Å². The molecule has 1 saturated heterocycles. The van der Waals surface area contributed by atoms with Crippen molar-refractivity contribution in [2.75, 3.05) is 55.0 Å². The van der Waals surface area contributed by atoms with Crippen molar-refractivity contribution in [2.45, 2.75) is 6.92 Å². The highest BCUT2D eigenvalue weighted by molar-refractivity contribution is 5.78. The topological polar surface area (TPSA) is 76.0 Å². The van der Waals surface area contributed by atoms with Crippen molar-refractivity contribution in [1.82, 2.24) is 14.4 Å². The van der Waals surface area contributed by atoms with Gasteiger partial charge in [-0.1, -0.05) is 0 Å². The van der Waals surface area contributed by atoms with Gasteiger partial charge in [0.1, 0.15) is 12.4 Å². The van der Waals surface area contributed by atoms with Gasteiger partial charge in [-0.25, -0.2) is 9.97 Å². The number of benzene rings is 2. The molecule has 1 fully saturated rings. The Balaban J connectivity index is 1.35. The van der Waals surface area contributed by atoms with Crippen molar-refractivity contribution >= 4 is 28.5 Å². The predicted octanol–water partition coefficient (Wildman–Crippen LogP) is 4.09. The average molecular weight is 443 g/mol. The van der Waals surface area contributed by atoms with Crippen LogP contribution in [0.4, 0.5) is 22.9 Å². The third-order valence-electron chi connectivity index (χ3n) is 6.21. The van der Waals surface area contributed by atoms with Gasteiger partial charge in [0, 0.05) is 54.7 Å². The number of hydrogen-bond acceptors (Lipinski definition) is 7. The van der Waals surface area contributed by atoms with Gasteiger partial charge in [0.05, 0.1) is 24.6 Å². The van der Waals surface area contributed by atoms with Crippen molar-refractivity contribution in [2.24, 2.45) is 0 Å². The van der Waals surface area contributed by atoms with E-state index in [1.54, 1.807) is 0 Å². The first-order valence-electron chi connectivity index (χ1n) is 11.3. The van der Waals surface area contributed by atoms with Crippen molar-refractivity contribution < 1.29 is 9.47 Å². The fourth-order valence-corrected chi connectivity index (χ4v) is 4.47. The van der Waals surface area contributed by atoms with E-state index < -0.39 is 0 Å². The maximum Gasteiger partial charge on any atom is 0.180 e. The zero-order valence-electron chi connectivity index (χ0n) is 18.5. The van der Waals surface area contributed by atoms with Gasteiger partial charge in [-0.15, -0.1) is 0 Å². The highest BCUT2D eigenvalue weighted by atomic mass is 16.5. The molecule has 2 aliphatic rings. The second kappa shape index (κ2) is 8.29. The van der Waals surface area contributed by atoms with E-state index in [9.17, 15) is 0 Å². The molecule has 6 rings (SSSR count). The molecule has 33 heavy (non-hydrogen) atoms. The number of hydrogen-bond donors (Lipinski definition) is 2. The van der Waals surface area contributed by atoms with Crippen LogP contribution in [0.3, 0.4) is 0 Å². The van der Waals surface area contributed by atoms with Crippen LogP contribution in [0.2, 0.25) is 0 Å². The van der Waals surface area contributed by atoms with Crippen molar-refractivity contribution in [1.29, 1.82) is 0 Å². The lowest BCUT2D eigenvalue weighted by atomic mass is 10.1. The van der Waals surface area contributed by atoms with Crippen molar-refractivity contribution in [3.8, 4) is 17.0 Å². The van der Waals surface area contributed by atoms with E-state index in [4.69, 9.17) is 14.5 Å². The molecule has 168 valence electrons. The first kappa shape index (κ1) is 19.9. The molecule has 2 aliphatic heterocycles. The average Bonchev–Trinajstić information content (AvgIpc) is 3.37. The van der Waals surface area contributed by atoms with Crippen LogP contribution >= 0.6 is 0 Å². The smallest absolute Gasteiger partial charge is 0.180 e. The minimum absolute atomic E-state index is 0.684. The SMILES string of the molecule is Cc1c(-c2ccc3c(c2)NCCO3)nc(Nc2ccc(N3CCOCC3)cc2)c2nccn12. The summed E-state index contributed by atoms with van der Waals surface area (Å²) in [6.07, 6.45) is 3.78. The van der Waals surface area contributed by atoms with E-state index in [0.29, 0.717) is 6.61 Å². The molecule has 8 nitrogen and oxygen atoms in total. The third-order valence-corrected chi connectivity index (χ3v) is 6.21. The monoisotopic (exact) mass is 442 g/mol. The molecule has 2 aromatic heterocycles. The number of aryl methyl sites for hydroxylation is 1. The normalized spacial score (nSPS) is 15.6.